The number of hydrogen-bond acceptors (Lipinski definition) is 3. The molecule has 1 N–H and O–H groups in total. The van der Waals surface area contributed by atoms with E-state index < -0.39 is 0 Å². The lowest BCUT2D eigenvalue weighted by atomic mass is 10.0. The number of thioether (sulfide) groups is 1. The van der Waals surface area contributed by atoms with E-state index in [0.717, 1.165) is 28.4 Å². The molecule has 4 heteroatoms. The Bertz CT molecular complexity index is 676. The molecule has 0 spiro atoms. The summed E-state index contributed by atoms with van der Waals surface area (Å²) in [6.45, 7) is 0. The van der Waals surface area contributed by atoms with Gasteiger partial charge in [-0.15, -0.1) is 11.8 Å². The summed E-state index contributed by atoms with van der Waals surface area (Å²) < 4.78 is 0. The molecule has 0 saturated heterocycles. The Hall–Kier alpha value is -1.63. The molecule has 1 aliphatic heterocycles. The van der Waals surface area contributed by atoms with Crippen LogP contribution in [-0.4, -0.2) is 5.75 Å². The maximum atomic E-state index is 8.70. The van der Waals surface area contributed by atoms with Gasteiger partial charge in [0, 0.05) is 21.4 Å². The number of rotatable bonds is 3. The second kappa shape index (κ2) is 6.43. The second-order valence-electron chi connectivity index (χ2n) is 5.05. The molecule has 0 radical (unpaired) electrons. The minimum absolute atomic E-state index is 0.293. The molecule has 0 aromatic heterocycles. The molecular formula is C17H15ClN2S. The van der Waals surface area contributed by atoms with Gasteiger partial charge in [-0.3, -0.25) is 0 Å². The third-order valence-electron chi connectivity index (χ3n) is 3.59. The van der Waals surface area contributed by atoms with Crippen LogP contribution in [0.5, 0.6) is 0 Å². The summed E-state index contributed by atoms with van der Waals surface area (Å²) in [6, 6.07) is 16.7. The molecule has 0 fully saturated rings. The lowest BCUT2D eigenvalue weighted by Gasteiger charge is -2.27. The molecule has 0 amide bonds. The lowest BCUT2D eigenvalue weighted by Crippen LogP contribution is -2.16. The fraction of sp³-hybridized carbons (Fsp3) is 0.235. The van der Waals surface area contributed by atoms with Gasteiger partial charge in [-0.2, -0.15) is 5.26 Å². The van der Waals surface area contributed by atoms with Crippen LogP contribution in [0.25, 0.3) is 0 Å². The first-order valence-electron chi connectivity index (χ1n) is 6.91. The van der Waals surface area contributed by atoms with Crippen molar-refractivity contribution in [1.29, 1.82) is 5.26 Å². The Balaban J connectivity index is 1.80. The molecule has 106 valence electrons. The van der Waals surface area contributed by atoms with Gasteiger partial charge in [0.25, 0.3) is 0 Å². The normalized spacial score (nSPS) is 16.9. The zero-order valence-corrected chi connectivity index (χ0v) is 13.0. The van der Waals surface area contributed by atoms with E-state index in [9.17, 15) is 0 Å². The summed E-state index contributed by atoms with van der Waals surface area (Å²) >= 11 is 8.02. The van der Waals surface area contributed by atoms with Gasteiger partial charge >= 0.3 is 0 Å². The Kier molecular flexibility index (Phi) is 4.38. The fourth-order valence-corrected chi connectivity index (χ4v) is 3.81. The van der Waals surface area contributed by atoms with Crippen LogP contribution in [0.4, 0.5) is 5.69 Å². The zero-order valence-electron chi connectivity index (χ0n) is 11.5. The topological polar surface area (TPSA) is 35.8 Å². The van der Waals surface area contributed by atoms with Crippen LogP contribution in [0.2, 0.25) is 5.02 Å². The SMILES string of the molecule is N#CCc1ccc(NC2CCSc3ccc(Cl)cc32)cc1. The van der Waals surface area contributed by atoms with Crippen LogP contribution in [0.1, 0.15) is 23.6 Å². The third kappa shape index (κ3) is 3.34. The number of nitrogens with zero attached hydrogens (tertiary/aromatic N) is 1. The molecule has 2 aromatic carbocycles. The monoisotopic (exact) mass is 314 g/mol. The summed E-state index contributed by atoms with van der Waals surface area (Å²) in [4.78, 5) is 1.31. The number of halogens is 1. The Morgan fingerprint density at radius 2 is 2.05 bits per heavy atom. The molecule has 0 saturated carbocycles. The van der Waals surface area contributed by atoms with E-state index in [2.05, 4.69) is 23.5 Å². The molecule has 21 heavy (non-hydrogen) atoms. The van der Waals surface area contributed by atoms with E-state index >= 15 is 0 Å². The van der Waals surface area contributed by atoms with Gasteiger partial charge in [-0.1, -0.05) is 23.7 Å². The average Bonchev–Trinajstić information content (AvgIpc) is 2.50. The van der Waals surface area contributed by atoms with Crippen molar-refractivity contribution in [3.63, 3.8) is 0 Å². The van der Waals surface area contributed by atoms with Crippen molar-refractivity contribution in [1.82, 2.24) is 0 Å². The minimum atomic E-state index is 0.293. The molecular weight excluding hydrogens is 300 g/mol. The molecule has 1 heterocycles. The number of nitriles is 1. The van der Waals surface area contributed by atoms with E-state index in [0.29, 0.717) is 12.5 Å². The minimum Gasteiger partial charge on any atom is -0.378 e. The number of nitrogens with one attached hydrogen (secondary N) is 1. The summed E-state index contributed by atoms with van der Waals surface area (Å²) in [5.74, 6) is 1.11. The molecule has 2 nitrogen and oxygen atoms in total. The molecule has 1 aliphatic rings. The average molecular weight is 315 g/mol. The van der Waals surface area contributed by atoms with Gasteiger partial charge < -0.3 is 5.32 Å². The van der Waals surface area contributed by atoms with Crippen molar-refractivity contribution in [3.05, 3.63) is 58.6 Å². The Labute approximate surface area is 134 Å². The first-order chi connectivity index (χ1) is 10.3. The van der Waals surface area contributed by atoms with Crippen LogP contribution in [-0.2, 0) is 6.42 Å². The molecule has 1 atom stereocenters. The van der Waals surface area contributed by atoms with Gasteiger partial charge in [0.05, 0.1) is 18.5 Å². The first-order valence-corrected chi connectivity index (χ1v) is 8.27. The van der Waals surface area contributed by atoms with Crippen LogP contribution in [0.15, 0.2) is 47.4 Å². The molecule has 2 aromatic rings. The van der Waals surface area contributed by atoms with Crippen molar-refractivity contribution >= 4 is 29.1 Å². The highest BCUT2D eigenvalue weighted by Gasteiger charge is 2.20. The molecule has 0 aliphatic carbocycles. The van der Waals surface area contributed by atoms with Crippen LogP contribution in [0, 0.1) is 11.3 Å². The maximum Gasteiger partial charge on any atom is 0.0669 e. The smallest absolute Gasteiger partial charge is 0.0669 e. The summed E-state index contributed by atoms with van der Waals surface area (Å²) in [7, 11) is 0. The predicted octanol–water partition coefficient (Wildman–Crippen LogP) is 5.06. The standard InChI is InChI=1S/C17H15ClN2S/c18-13-3-6-17-15(11-13)16(8-10-21-17)20-14-4-1-12(2-5-14)7-9-19/h1-6,11,16,20H,7-8,10H2. The molecule has 1 unspecified atom stereocenters. The Morgan fingerprint density at radius 3 is 2.81 bits per heavy atom. The summed E-state index contributed by atoms with van der Waals surface area (Å²) in [6.07, 6.45) is 1.54. The summed E-state index contributed by atoms with van der Waals surface area (Å²) in [5, 5.41) is 13.1. The zero-order chi connectivity index (χ0) is 14.7. The van der Waals surface area contributed by atoms with Gasteiger partial charge in [0.15, 0.2) is 0 Å². The highest BCUT2D eigenvalue weighted by atomic mass is 35.5. The number of fused-ring (bicyclic) bond motifs is 1. The van der Waals surface area contributed by atoms with Crippen molar-refractivity contribution < 1.29 is 0 Å². The van der Waals surface area contributed by atoms with E-state index in [1.807, 2.05) is 42.1 Å². The largest absolute Gasteiger partial charge is 0.378 e. The third-order valence-corrected chi connectivity index (χ3v) is 4.95. The first kappa shape index (κ1) is 14.3. The van der Waals surface area contributed by atoms with Gasteiger partial charge in [-0.05, 0) is 47.9 Å². The van der Waals surface area contributed by atoms with E-state index in [1.165, 1.54) is 10.5 Å². The molecule has 3 rings (SSSR count). The van der Waals surface area contributed by atoms with E-state index in [-0.39, 0.29) is 0 Å². The molecule has 0 bridgehead atoms. The van der Waals surface area contributed by atoms with Crippen molar-refractivity contribution in [2.75, 3.05) is 11.1 Å². The van der Waals surface area contributed by atoms with Gasteiger partial charge in [0.2, 0.25) is 0 Å². The highest BCUT2D eigenvalue weighted by Crippen LogP contribution is 2.39. The van der Waals surface area contributed by atoms with Crippen LogP contribution < -0.4 is 5.32 Å². The van der Waals surface area contributed by atoms with Crippen LogP contribution >= 0.6 is 23.4 Å². The van der Waals surface area contributed by atoms with Crippen molar-refractivity contribution in [2.24, 2.45) is 0 Å². The number of benzene rings is 2. The van der Waals surface area contributed by atoms with Gasteiger partial charge in [-0.25, -0.2) is 0 Å². The van der Waals surface area contributed by atoms with E-state index in [1.54, 1.807) is 0 Å². The van der Waals surface area contributed by atoms with Crippen molar-refractivity contribution in [3.8, 4) is 6.07 Å². The van der Waals surface area contributed by atoms with E-state index in [4.69, 9.17) is 16.9 Å². The number of hydrogen-bond donors (Lipinski definition) is 1. The van der Waals surface area contributed by atoms with Gasteiger partial charge in [0.1, 0.15) is 0 Å². The van der Waals surface area contributed by atoms with Crippen molar-refractivity contribution in [2.45, 2.75) is 23.8 Å². The quantitative estimate of drug-likeness (QED) is 0.860. The summed E-state index contributed by atoms with van der Waals surface area (Å²) in [5.41, 5.74) is 3.41. The fourth-order valence-electron chi connectivity index (χ4n) is 2.53. The maximum absolute atomic E-state index is 8.70. The lowest BCUT2D eigenvalue weighted by molar-refractivity contribution is 0.728. The number of anilines is 1. The Morgan fingerprint density at radius 1 is 1.24 bits per heavy atom. The highest BCUT2D eigenvalue weighted by molar-refractivity contribution is 7.99. The second-order valence-corrected chi connectivity index (χ2v) is 6.62. The predicted molar refractivity (Wildman–Crippen MR) is 88.9 cm³/mol. The van der Waals surface area contributed by atoms with Crippen LogP contribution in [0.3, 0.4) is 0 Å².